The van der Waals surface area contributed by atoms with Gasteiger partial charge in [-0.3, -0.25) is 4.79 Å². The number of hydrogen-bond acceptors (Lipinski definition) is 4. The molecule has 0 saturated heterocycles. The highest BCUT2D eigenvalue weighted by Gasteiger charge is 2.12. The van der Waals surface area contributed by atoms with Crippen LogP contribution in [0.2, 0.25) is 0 Å². The van der Waals surface area contributed by atoms with Crippen LogP contribution >= 0.6 is 0 Å². The number of fused-ring (bicyclic) bond motifs is 2. The van der Waals surface area contributed by atoms with Gasteiger partial charge >= 0.3 is 5.97 Å². The molecule has 0 fully saturated rings. The molecule has 5 nitrogen and oxygen atoms in total. The van der Waals surface area contributed by atoms with Crippen molar-refractivity contribution in [2.45, 2.75) is 6.42 Å². The first-order valence-electron chi connectivity index (χ1n) is 11.3. The molecule has 0 radical (unpaired) electrons. The molecule has 0 aliphatic rings. The molecule has 0 spiro atoms. The molecule has 0 bridgehead atoms. The molecule has 1 N–H and O–H groups in total. The Morgan fingerprint density at radius 1 is 0.714 bits per heavy atom. The zero-order valence-electron chi connectivity index (χ0n) is 18.8. The number of nitrogens with one attached hydrogen (secondary N) is 1. The van der Waals surface area contributed by atoms with E-state index in [9.17, 15) is 9.59 Å². The quantitative estimate of drug-likeness (QED) is 0.149. The van der Waals surface area contributed by atoms with Crippen LogP contribution in [0, 0.1) is 0 Å². The summed E-state index contributed by atoms with van der Waals surface area (Å²) in [6.07, 6.45) is 1.79. The van der Waals surface area contributed by atoms with Crippen molar-refractivity contribution in [3.8, 4) is 5.75 Å². The van der Waals surface area contributed by atoms with Gasteiger partial charge in [-0.2, -0.15) is 5.10 Å². The molecule has 35 heavy (non-hydrogen) atoms. The van der Waals surface area contributed by atoms with Crippen molar-refractivity contribution >= 4 is 39.6 Å². The van der Waals surface area contributed by atoms with Gasteiger partial charge in [0, 0.05) is 0 Å². The molecule has 170 valence electrons. The van der Waals surface area contributed by atoms with Crippen molar-refractivity contribution in [2.75, 3.05) is 0 Å². The topological polar surface area (TPSA) is 67.8 Å². The zero-order chi connectivity index (χ0) is 24.0. The number of nitrogens with zero attached hydrogens (tertiary/aromatic N) is 1. The number of benzene rings is 5. The zero-order valence-corrected chi connectivity index (χ0v) is 18.8. The summed E-state index contributed by atoms with van der Waals surface area (Å²) in [5, 5.41) is 8.05. The predicted molar refractivity (Wildman–Crippen MR) is 139 cm³/mol. The first-order valence-corrected chi connectivity index (χ1v) is 11.3. The van der Waals surface area contributed by atoms with Crippen molar-refractivity contribution in [1.82, 2.24) is 5.43 Å². The minimum absolute atomic E-state index is 0.196. The number of hydrazone groups is 1. The van der Waals surface area contributed by atoms with Crippen molar-refractivity contribution < 1.29 is 14.3 Å². The van der Waals surface area contributed by atoms with Crippen LogP contribution in [0.3, 0.4) is 0 Å². The number of ether oxygens (including phenoxy) is 1. The summed E-state index contributed by atoms with van der Waals surface area (Å²) in [7, 11) is 0. The Morgan fingerprint density at radius 3 is 2.11 bits per heavy atom. The maximum atomic E-state index is 12.7. The first-order chi connectivity index (χ1) is 17.2. The number of carbonyl (C=O) groups excluding carboxylic acids is 2. The summed E-state index contributed by atoms with van der Waals surface area (Å²) < 4.78 is 5.55. The summed E-state index contributed by atoms with van der Waals surface area (Å²) in [4.78, 5) is 25.1. The molecule has 5 heteroatoms. The van der Waals surface area contributed by atoms with Gasteiger partial charge < -0.3 is 4.74 Å². The fourth-order valence-electron chi connectivity index (χ4n) is 4.03. The van der Waals surface area contributed by atoms with E-state index in [-0.39, 0.29) is 12.3 Å². The van der Waals surface area contributed by atoms with E-state index in [0.29, 0.717) is 11.3 Å². The minimum atomic E-state index is -0.413. The SMILES string of the molecule is O=C(Cc1cccc2ccccc12)NN=Cc1ccc(OC(=O)c2cccc3ccccc23)cc1. The van der Waals surface area contributed by atoms with Gasteiger partial charge in [0.15, 0.2) is 0 Å². The second-order valence-corrected chi connectivity index (χ2v) is 8.09. The maximum absolute atomic E-state index is 12.7. The lowest BCUT2D eigenvalue weighted by Crippen LogP contribution is -2.19. The van der Waals surface area contributed by atoms with E-state index in [1.54, 1.807) is 36.5 Å². The van der Waals surface area contributed by atoms with E-state index < -0.39 is 5.97 Å². The van der Waals surface area contributed by atoms with Gasteiger partial charge in [0.1, 0.15) is 5.75 Å². The molecule has 0 heterocycles. The van der Waals surface area contributed by atoms with Crippen LogP contribution in [0.4, 0.5) is 0 Å². The minimum Gasteiger partial charge on any atom is -0.423 e. The monoisotopic (exact) mass is 458 g/mol. The normalized spacial score (nSPS) is 11.1. The van der Waals surface area contributed by atoms with Crippen LogP contribution in [0.15, 0.2) is 114 Å². The van der Waals surface area contributed by atoms with Crippen LogP contribution in [0.5, 0.6) is 5.75 Å². The van der Waals surface area contributed by atoms with Crippen LogP contribution in [0.25, 0.3) is 21.5 Å². The molecule has 0 aromatic heterocycles. The van der Waals surface area contributed by atoms with Crippen LogP contribution < -0.4 is 10.2 Å². The third kappa shape index (κ3) is 5.09. The van der Waals surface area contributed by atoms with E-state index in [0.717, 1.165) is 32.7 Å². The first kappa shape index (κ1) is 22.0. The fraction of sp³-hybridized carbons (Fsp3) is 0.0333. The molecule has 0 aliphatic carbocycles. The number of amides is 1. The third-order valence-corrected chi connectivity index (χ3v) is 5.73. The highest BCUT2D eigenvalue weighted by molar-refractivity contribution is 6.05. The lowest BCUT2D eigenvalue weighted by atomic mass is 10.0. The van der Waals surface area contributed by atoms with Crippen LogP contribution in [-0.2, 0) is 11.2 Å². The molecule has 0 aliphatic heterocycles. The van der Waals surface area contributed by atoms with Gasteiger partial charge in [0.2, 0.25) is 5.91 Å². The molecule has 0 unspecified atom stereocenters. The predicted octanol–water partition coefficient (Wildman–Crippen LogP) is 5.91. The lowest BCUT2D eigenvalue weighted by molar-refractivity contribution is -0.120. The summed E-state index contributed by atoms with van der Waals surface area (Å²) in [5.41, 5.74) is 4.81. The fourth-order valence-corrected chi connectivity index (χ4v) is 4.03. The molecule has 5 aromatic carbocycles. The summed E-state index contributed by atoms with van der Waals surface area (Å²) in [6.45, 7) is 0. The van der Waals surface area contributed by atoms with Crippen molar-refractivity contribution in [3.05, 3.63) is 126 Å². The smallest absolute Gasteiger partial charge is 0.344 e. The number of carbonyl (C=O) groups is 2. The number of rotatable bonds is 6. The second kappa shape index (κ2) is 10.0. The Hall–Kier alpha value is -4.77. The second-order valence-electron chi connectivity index (χ2n) is 8.09. The van der Waals surface area contributed by atoms with Gasteiger partial charge in [-0.05, 0) is 63.0 Å². The van der Waals surface area contributed by atoms with Gasteiger partial charge in [0.05, 0.1) is 18.2 Å². The standard InChI is InChI=1S/C30H22N2O3/c33-29(19-24-11-5-9-22-7-1-3-12-26(22)24)32-31-20-21-15-17-25(18-16-21)35-30(34)28-14-6-10-23-8-2-4-13-27(23)28/h1-18,20H,19H2,(H,32,33). The average molecular weight is 459 g/mol. The molecule has 0 saturated carbocycles. The third-order valence-electron chi connectivity index (χ3n) is 5.73. The highest BCUT2D eigenvalue weighted by atomic mass is 16.5. The van der Waals surface area contributed by atoms with Crippen molar-refractivity contribution in [3.63, 3.8) is 0 Å². The van der Waals surface area contributed by atoms with E-state index in [1.807, 2.05) is 78.9 Å². The highest BCUT2D eigenvalue weighted by Crippen LogP contribution is 2.21. The van der Waals surface area contributed by atoms with E-state index in [1.165, 1.54) is 0 Å². The Balaban J connectivity index is 1.19. The molecule has 5 aromatic rings. The summed E-state index contributed by atoms with van der Waals surface area (Å²) in [6, 6.07) is 34.1. The Bertz CT molecular complexity index is 1550. The van der Waals surface area contributed by atoms with Gasteiger partial charge in [-0.1, -0.05) is 78.9 Å². The van der Waals surface area contributed by atoms with E-state index >= 15 is 0 Å². The van der Waals surface area contributed by atoms with Crippen molar-refractivity contribution in [1.29, 1.82) is 0 Å². The van der Waals surface area contributed by atoms with Gasteiger partial charge in [-0.15, -0.1) is 0 Å². The maximum Gasteiger partial charge on any atom is 0.344 e. The molecule has 1 amide bonds. The van der Waals surface area contributed by atoms with Crippen LogP contribution in [-0.4, -0.2) is 18.1 Å². The Labute approximate surface area is 202 Å². The van der Waals surface area contributed by atoms with Crippen LogP contribution in [0.1, 0.15) is 21.5 Å². The Morgan fingerprint density at radius 2 is 1.34 bits per heavy atom. The summed E-state index contributed by atoms with van der Waals surface area (Å²) >= 11 is 0. The lowest BCUT2D eigenvalue weighted by Gasteiger charge is -2.07. The number of hydrogen-bond donors (Lipinski definition) is 1. The average Bonchev–Trinajstić information content (AvgIpc) is 2.89. The Kier molecular flexibility index (Phi) is 6.31. The molecule has 5 rings (SSSR count). The van der Waals surface area contributed by atoms with Gasteiger partial charge in [0.25, 0.3) is 0 Å². The molecular formula is C30H22N2O3. The van der Waals surface area contributed by atoms with E-state index in [2.05, 4.69) is 10.5 Å². The molecule has 0 atom stereocenters. The number of esters is 1. The molecular weight excluding hydrogens is 436 g/mol. The summed E-state index contributed by atoms with van der Waals surface area (Å²) in [5.74, 6) is -0.178. The van der Waals surface area contributed by atoms with Crippen molar-refractivity contribution in [2.24, 2.45) is 5.10 Å². The van der Waals surface area contributed by atoms with E-state index in [4.69, 9.17) is 4.74 Å². The van der Waals surface area contributed by atoms with Gasteiger partial charge in [-0.25, -0.2) is 10.2 Å². The largest absolute Gasteiger partial charge is 0.423 e.